The number of urea groups is 1. The molecule has 2 heterocycles. The van der Waals surface area contributed by atoms with Crippen LogP contribution in [0, 0.1) is 5.92 Å². The Morgan fingerprint density at radius 1 is 1.42 bits per heavy atom. The Bertz CT molecular complexity index is 628. The number of amides is 3. The summed E-state index contributed by atoms with van der Waals surface area (Å²) in [6, 6.07) is -1.31. The van der Waals surface area contributed by atoms with E-state index in [1.807, 2.05) is 12.2 Å². The largest absolute Gasteiger partial charge is 0.391 e. The number of hydrogen-bond acceptors (Lipinski definition) is 5. The number of aliphatic hydroxyl groups excluding tert-OH is 1. The molecule has 8 nitrogen and oxygen atoms in total. The number of halogens is 1. The van der Waals surface area contributed by atoms with Crippen LogP contribution in [-0.4, -0.2) is 70.6 Å². The summed E-state index contributed by atoms with van der Waals surface area (Å²) in [7, 11) is 1.70. The number of allylic oxidation sites excluding steroid dienone is 1. The average Bonchev–Trinajstić information content (AvgIpc) is 3.16. The Kier molecular flexibility index (Phi) is 5.43. The van der Waals surface area contributed by atoms with Crippen LogP contribution in [0.1, 0.15) is 32.1 Å². The van der Waals surface area contributed by atoms with Crippen molar-refractivity contribution in [3.8, 4) is 0 Å². The lowest BCUT2D eigenvalue weighted by Crippen LogP contribution is -2.55. The zero-order chi connectivity index (χ0) is 18.9. The van der Waals surface area contributed by atoms with Crippen molar-refractivity contribution in [2.75, 3.05) is 20.1 Å². The molecule has 0 bridgehead atoms. The third-order valence-electron chi connectivity index (χ3n) is 5.46. The summed E-state index contributed by atoms with van der Waals surface area (Å²) in [6.07, 6.45) is 6.28. The summed E-state index contributed by atoms with van der Waals surface area (Å²) < 4.78 is 4.36. The second kappa shape index (κ2) is 7.44. The summed E-state index contributed by atoms with van der Waals surface area (Å²) in [5.74, 6) is -1.11. The van der Waals surface area contributed by atoms with Crippen molar-refractivity contribution in [3.63, 3.8) is 0 Å². The number of hydrogen-bond donors (Lipinski definition) is 2. The second-order valence-corrected chi connectivity index (χ2v) is 7.47. The lowest BCUT2D eigenvalue weighted by molar-refractivity contribution is -0.137. The minimum absolute atomic E-state index is 0.0442. The predicted molar refractivity (Wildman–Crippen MR) is 93.1 cm³/mol. The van der Waals surface area contributed by atoms with Gasteiger partial charge < -0.3 is 24.5 Å². The minimum Gasteiger partial charge on any atom is -0.391 e. The number of likely N-dealkylation sites (N-methyl/N-ethyl adjacent to an activating group) is 1. The molecule has 0 unspecified atom stereocenters. The van der Waals surface area contributed by atoms with Gasteiger partial charge in [-0.3, -0.25) is 4.79 Å². The molecule has 0 aromatic carbocycles. The Balaban J connectivity index is 1.86. The first-order valence-electron chi connectivity index (χ1n) is 8.90. The van der Waals surface area contributed by atoms with Crippen LogP contribution in [-0.2, 0) is 13.9 Å². The molecule has 144 valence electrons. The van der Waals surface area contributed by atoms with Crippen molar-refractivity contribution in [2.45, 2.75) is 49.8 Å². The second-order valence-electron chi connectivity index (χ2n) is 7.32. The highest BCUT2D eigenvalue weighted by Gasteiger charge is 2.62. The first-order chi connectivity index (χ1) is 12.4. The molecule has 1 saturated carbocycles. The topological polar surface area (TPSA) is 99.2 Å². The molecule has 2 aliphatic heterocycles. The average molecular weight is 386 g/mol. The van der Waals surface area contributed by atoms with Gasteiger partial charge in [0.25, 0.3) is 0 Å². The Labute approximate surface area is 157 Å². The monoisotopic (exact) mass is 385 g/mol. The first-order valence-corrected chi connectivity index (χ1v) is 9.21. The molecule has 2 N–H and O–H groups in total. The summed E-state index contributed by atoms with van der Waals surface area (Å²) >= 11 is 5.26. The van der Waals surface area contributed by atoms with Crippen molar-refractivity contribution in [1.29, 1.82) is 0 Å². The number of carbonyl (C=O) groups is 3. The minimum atomic E-state index is -1.20. The van der Waals surface area contributed by atoms with Crippen molar-refractivity contribution < 1.29 is 23.8 Å². The molecule has 1 saturated heterocycles. The van der Waals surface area contributed by atoms with Gasteiger partial charge >= 0.3 is 12.0 Å². The molecule has 0 spiro atoms. The molecular weight excluding hydrogens is 362 g/mol. The lowest BCUT2D eigenvalue weighted by Gasteiger charge is -2.29. The molecule has 0 aromatic rings. The number of aliphatic hydroxyl groups is 1. The van der Waals surface area contributed by atoms with Gasteiger partial charge in [-0.1, -0.05) is 12.2 Å². The van der Waals surface area contributed by atoms with Crippen LogP contribution in [0.4, 0.5) is 4.79 Å². The van der Waals surface area contributed by atoms with Crippen molar-refractivity contribution in [2.24, 2.45) is 5.92 Å². The van der Waals surface area contributed by atoms with Crippen LogP contribution in [0.2, 0.25) is 0 Å². The number of nitrogens with one attached hydrogen (secondary N) is 1. The van der Waals surface area contributed by atoms with Crippen LogP contribution >= 0.6 is 11.9 Å². The van der Waals surface area contributed by atoms with Crippen molar-refractivity contribution >= 4 is 29.8 Å². The van der Waals surface area contributed by atoms with E-state index in [9.17, 15) is 19.5 Å². The zero-order valence-electron chi connectivity index (χ0n) is 14.7. The maximum absolute atomic E-state index is 12.8. The fourth-order valence-corrected chi connectivity index (χ4v) is 3.93. The van der Waals surface area contributed by atoms with E-state index in [1.54, 1.807) is 11.9 Å². The van der Waals surface area contributed by atoms with Crippen LogP contribution in [0.15, 0.2) is 12.2 Å². The van der Waals surface area contributed by atoms with E-state index >= 15 is 0 Å². The van der Waals surface area contributed by atoms with Crippen LogP contribution in [0.25, 0.3) is 0 Å². The summed E-state index contributed by atoms with van der Waals surface area (Å²) in [4.78, 5) is 40.5. The van der Waals surface area contributed by atoms with E-state index in [1.165, 1.54) is 4.90 Å². The quantitative estimate of drug-likeness (QED) is 0.650. The molecule has 0 aromatic heterocycles. The summed E-state index contributed by atoms with van der Waals surface area (Å²) in [6.45, 7) is 0.642. The molecule has 1 aliphatic carbocycles. The Hall–Kier alpha value is -1.80. The highest BCUT2D eigenvalue weighted by atomic mass is 35.5. The molecule has 9 heteroatoms. The number of fused-ring (bicyclic) bond motifs is 2. The van der Waals surface area contributed by atoms with E-state index in [-0.39, 0.29) is 24.8 Å². The van der Waals surface area contributed by atoms with Crippen LogP contribution in [0.3, 0.4) is 0 Å². The lowest BCUT2D eigenvalue weighted by atomic mass is 10.1. The van der Waals surface area contributed by atoms with E-state index in [0.29, 0.717) is 13.0 Å². The Morgan fingerprint density at radius 3 is 2.92 bits per heavy atom. The molecule has 26 heavy (non-hydrogen) atoms. The third-order valence-corrected chi connectivity index (χ3v) is 5.60. The van der Waals surface area contributed by atoms with Crippen LogP contribution < -0.4 is 5.32 Å². The predicted octanol–water partition coefficient (Wildman–Crippen LogP) is 0.785. The van der Waals surface area contributed by atoms with Crippen LogP contribution in [0.5, 0.6) is 0 Å². The molecular formula is C17H24ClN3O5. The molecule has 2 fully saturated rings. The van der Waals surface area contributed by atoms with Gasteiger partial charge in [0.1, 0.15) is 23.4 Å². The molecule has 3 rings (SSSR count). The van der Waals surface area contributed by atoms with E-state index in [2.05, 4.69) is 9.61 Å². The van der Waals surface area contributed by atoms with E-state index in [4.69, 9.17) is 11.9 Å². The standard InChI is InChI=1S/C17H24ClN3O5/c1-20-7-5-3-2-4-6-11-9-17(11,15(24)26-18)19-16(25)21-10-12(22)8-13(21)14(20)23/h4,6,11-13,22H,2-3,5,7-10H2,1H3,(H,19,25)/b6-4-/t11-,12-,13+,17-/m1/s1. The van der Waals surface area contributed by atoms with Gasteiger partial charge in [0.15, 0.2) is 0 Å². The number of carbonyl (C=O) groups excluding carboxylic acids is 3. The van der Waals surface area contributed by atoms with Crippen molar-refractivity contribution in [1.82, 2.24) is 15.1 Å². The number of nitrogens with zero attached hydrogens (tertiary/aromatic N) is 2. The fourth-order valence-electron chi connectivity index (χ4n) is 3.79. The van der Waals surface area contributed by atoms with E-state index < -0.39 is 29.7 Å². The normalized spacial score (nSPS) is 36.5. The molecule has 3 amide bonds. The first kappa shape index (κ1) is 19.0. The molecule has 4 atom stereocenters. The van der Waals surface area contributed by atoms with Gasteiger partial charge in [-0.15, -0.1) is 0 Å². The van der Waals surface area contributed by atoms with Gasteiger partial charge in [-0.05, 0) is 25.7 Å². The highest BCUT2D eigenvalue weighted by molar-refractivity contribution is 6.15. The Morgan fingerprint density at radius 2 is 2.19 bits per heavy atom. The maximum Gasteiger partial charge on any atom is 0.350 e. The molecule has 3 aliphatic rings. The summed E-state index contributed by atoms with van der Waals surface area (Å²) in [5, 5.41) is 12.7. The van der Waals surface area contributed by atoms with Gasteiger partial charge in [0, 0.05) is 32.5 Å². The van der Waals surface area contributed by atoms with Gasteiger partial charge in [0.2, 0.25) is 5.91 Å². The van der Waals surface area contributed by atoms with Gasteiger partial charge in [0.05, 0.1) is 6.10 Å². The van der Waals surface area contributed by atoms with E-state index in [0.717, 1.165) is 19.3 Å². The maximum atomic E-state index is 12.8. The number of rotatable bonds is 1. The fraction of sp³-hybridized carbons (Fsp3) is 0.706. The summed E-state index contributed by atoms with van der Waals surface area (Å²) in [5.41, 5.74) is -1.20. The smallest absolute Gasteiger partial charge is 0.350 e. The van der Waals surface area contributed by atoms with Gasteiger partial charge in [-0.2, -0.15) is 0 Å². The third kappa shape index (κ3) is 3.53. The SMILES string of the molecule is CN1CCCC/C=C\[C@@H]2C[C@@]2(C(=O)OCl)NC(=O)N2C[C@H](O)C[C@H]2C1=O. The highest BCUT2D eigenvalue weighted by Crippen LogP contribution is 2.46. The molecule has 0 radical (unpaired) electrons. The van der Waals surface area contributed by atoms with Crippen molar-refractivity contribution in [3.05, 3.63) is 12.2 Å². The zero-order valence-corrected chi connectivity index (χ0v) is 15.4. The van der Waals surface area contributed by atoms with Gasteiger partial charge in [-0.25, -0.2) is 9.59 Å².